The van der Waals surface area contributed by atoms with E-state index in [9.17, 15) is 9.59 Å². The summed E-state index contributed by atoms with van der Waals surface area (Å²) in [5, 5.41) is 3.21. The molecule has 1 fully saturated rings. The van der Waals surface area contributed by atoms with Crippen LogP contribution in [-0.4, -0.2) is 16.6 Å². The Morgan fingerprint density at radius 1 is 1.18 bits per heavy atom. The number of carbonyl (C=O) groups is 2. The minimum absolute atomic E-state index is 0.354. The number of imide groups is 1. The quantitative estimate of drug-likeness (QED) is 0.633. The molecule has 0 saturated carbocycles. The monoisotopic (exact) mass is 335 g/mol. The van der Waals surface area contributed by atoms with Gasteiger partial charge in [0, 0.05) is 10.0 Å². The summed E-state index contributed by atoms with van der Waals surface area (Å²) in [4.78, 5) is 22.5. The van der Waals surface area contributed by atoms with Gasteiger partial charge < -0.3 is 0 Å². The van der Waals surface area contributed by atoms with Crippen molar-refractivity contribution in [1.29, 1.82) is 0 Å². The van der Waals surface area contributed by atoms with E-state index in [0.717, 1.165) is 5.56 Å². The molecule has 90 valence electrons. The van der Waals surface area contributed by atoms with Gasteiger partial charge in [0.1, 0.15) is 4.83 Å². The van der Waals surface area contributed by atoms with Gasteiger partial charge in [0.25, 0.3) is 0 Å². The molecule has 6 heteroatoms. The van der Waals surface area contributed by atoms with Crippen LogP contribution in [0.15, 0.2) is 12.1 Å². The topological polar surface area (TPSA) is 46.2 Å². The molecule has 2 unspecified atom stereocenters. The molecular formula is C11H8BrCl2NO2. The highest BCUT2D eigenvalue weighted by Crippen LogP contribution is 2.36. The van der Waals surface area contributed by atoms with Crippen LogP contribution in [0.2, 0.25) is 10.0 Å². The number of aryl methyl sites for hydroxylation is 1. The van der Waals surface area contributed by atoms with Crippen LogP contribution in [0, 0.1) is 6.92 Å². The molecule has 2 atom stereocenters. The Morgan fingerprint density at radius 3 is 2.35 bits per heavy atom. The van der Waals surface area contributed by atoms with E-state index >= 15 is 0 Å². The van der Waals surface area contributed by atoms with Crippen molar-refractivity contribution in [2.75, 3.05) is 0 Å². The van der Waals surface area contributed by atoms with Crippen LogP contribution in [0.4, 0.5) is 0 Å². The number of alkyl halides is 1. The lowest BCUT2D eigenvalue weighted by Gasteiger charge is -2.13. The molecule has 2 rings (SSSR count). The lowest BCUT2D eigenvalue weighted by Crippen LogP contribution is -2.22. The Hall–Kier alpha value is -0.580. The lowest BCUT2D eigenvalue weighted by molar-refractivity contribution is -0.125. The summed E-state index contributed by atoms with van der Waals surface area (Å²) in [7, 11) is 0. The highest BCUT2D eigenvalue weighted by molar-refractivity contribution is 9.10. The van der Waals surface area contributed by atoms with Crippen molar-refractivity contribution in [1.82, 2.24) is 5.32 Å². The second-order valence-corrected chi connectivity index (χ2v) is 5.66. The maximum absolute atomic E-state index is 11.7. The third kappa shape index (κ3) is 2.21. The van der Waals surface area contributed by atoms with E-state index < -0.39 is 10.7 Å². The lowest BCUT2D eigenvalue weighted by atomic mass is 9.96. The average molecular weight is 337 g/mol. The number of rotatable bonds is 1. The molecule has 17 heavy (non-hydrogen) atoms. The van der Waals surface area contributed by atoms with Gasteiger partial charge in [-0.3, -0.25) is 14.9 Å². The molecule has 1 aliphatic heterocycles. The van der Waals surface area contributed by atoms with Gasteiger partial charge in [-0.2, -0.15) is 0 Å². The maximum atomic E-state index is 11.7. The van der Waals surface area contributed by atoms with Crippen LogP contribution >= 0.6 is 39.1 Å². The number of benzene rings is 1. The molecule has 1 aliphatic rings. The maximum Gasteiger partial charge on any atom is 0.241 e. The van der Waals surface area contributed by atoms with E-state index in [1.54, 1.807) is 12.1 Å². The smallest absolute Gasteiger partial charge is 0.241 e. The number of hydrogen-bond acceptors (Lipinski definition) is 2. The molecule has 0 radical (unpaired) electrons. The average Bonchev–Trinajstić information content (AvgIpc) is 2.48. The first-order valence-electron chi connectivity index (χ1n) is 4.86. The standard InChI is InChI=1S/C11H8BrCl2NO2/c1-4-2-7(14)5(3-6(4)13)8-9(12)11(17)15-10(8)16/h2-3,8-9H,1H3,(H,15,16,17). The molecule has 1 aromatic carbocycles. The Kier molecular flexibility index (Phi) is 3.48. The van der Waals surface area contributed by atoms with E-state index in [4.69, 9.17) is 23.2 Å². The van der Waals surface area contributed by atoms with E-state index in [2.05, 4.69) is 21.2 Å². The van der Waals surface area contributed by atoms with Crippen molar-refractivity contribution in [3.63, 3.8) is 0 Å². The van der Waals surface area contributed by atoms with E-state index in [1.807, 2.05) is 6.92 Å². The van der Waals surface area contributed by atoms with Gasteiger partial charge in [0.15, 0.2) is 0 Å². The predicted octanol–water partition coefficient (Wildman–Crippen LogP) is 2.81. The fraction of sp³-hybridized carbons (Fsp3) is 0.273. The van der Waals surface area contributed by atoms with Crippen LogP contribution in [0.25, 0.3) is 0 Å². The van der Waals surface area contributed by atoms with Crippen molar-refractivity contribution >= 4 is 50.9 Å². The molecule has 0 spiro atoms. The van der Waals surface area contributed by atoms with Crippen molar-refractivity contribution in [3.8, 4) is 0 Å². The van der Waals surface area contributed by atoms with Crippen LogP contribution in [0.3, 0.4) is 0 Å². The molecule has 0 aromatic heterocycles. The summed E-state index contributed by atoms with van der Waals surface area (Å²) in [5.74, 6) is -1.35. The van der Waals surface area contributed by atoms with Gasteiger partial charge in [-0.25, -0.2) is 0 Å². The second-order valence-electron chi connectivity index (χ2n) is 3.86. The molecule has 1 heterocycles. The highest BCUT2D eigenvalue weighted by atomic mass is 79.9. The molecule has 1 aromatic rings. The second kappa shape index (κ2) is 4.59. The molecule has 1 N–H and O–H groups in total. The summed E-state index contributed by atoms with van der Waals surface area (Å²) < 4.78 is 0. The molecule has 0 bridgehead atoms. The first kappa shape index (κ1) is 12.9. The number of halogens is 3. The Morgan fingerprint density at radius 2 is 1.82 bits per heavy atom. The van der Waals surface area contributed by atoms with E-state index in [-0.39, 0.29) is 11.8 Å². The number of carbonyl (C=O) groups excluding carboxylic acids is 2. The summed E-state index contributed by atoms with van der Waals surface area (Å²) in [5.41, 5.74) is 1.39. The van der Waals surface area contributed by atoms with Gasteiger partial charge in [0.05, 0.1) is 5.92 Å². The van der Waals surface area contributed by atoms with Crippen molar-refractivity contribution in [2.24, 2.45) is 0 Å². The van der Waals surface area contributed by atoms with Crippen molar-refractivity contribution in [3.05, 3.63) is 33.3 Å². The first-order valence-corrected chi connectivity index (χ1v) is 6.53. The summed E-state index contributed by atoms with van der Waals surface area (Å²) >= 11 is 15.3. The Bertz CT molecular complexity index is 518. The third-order valence-corrected chi connectivity index (χ3v) is 4.36. The number of amides is 2. The van der Waals surface area contributed by atoms with Gasteiger partial charge in [-0.1, -0.05) is 39.1 Å². The zero-order valence-corrected chi connectivity index (χ0v) is 11.9. The molecule has 3 nitrogen and oxygen atoms in total. The number of hydrogen-bond donors (Lipinski definition) is 1. The first-order chi connectivity index (χ1) is 7.91. The summed E-state index contributed by atoms with van der Waals surface area (Å²) in [6.45, 7) is 1.82. The van der Waals surface area contributed by atoms with Gasteiger partial charge in [-0.05, 0) is 30.2 Å². The molecular weight excluding hydrogens is 329 g/mol. The minimum atomic E-state index is -0.631. The largest absolute Gasteiger partial charge is 0.295 e. The fourth-order valence-electron chi connectivity index (χ4n) is 1.75. The van der Waals surface area contributed by atoms with Crippen LogP contribution in [0.5, 0.6) is 0 Å². The fourth-order valence-corrected chi connectivity index (χ4v) is 2.90. The molecule has 1 saturated heterocycles. The predicted molar refractivity (Wildman–Crippen MR) is 69.8 cm³/mol. The third-order valence-electron chi connectivity index (χ3n) is 2.69. The summed E-state index contributed by atoms with van der Waals surface area (Å²) in [6.07, 6.45) is 0. The zero-order chi connectivity index (χ0) is 12.7. The Balaban J connectivity index is 2.51. The van der Waals surface area contributed by atoms with Gasteiger partial charge >= 0.3 is 0 Å². The highest BCUT2D eigenvalue weighted by Gasteiger charge is 2.42. The zero-order valence-electron chi connectivity index (χ0n) is 8.76. The SMILES string of the molecule is Cc1cc(Cl)c(C2C(=O)NC(=O)C2Br)cc1Cl. The molecule has 0 aliphatic carbocycles. The van der Waals surface area contributed by atoms with E-state index in [0.29, 0.717) is 15.6 Å². The number of nitrogens with one attached hydrogen (secondary N) is 1. The minimum Gasteiger partial charge on any atom is -0.295 e. The van der Waals surface area contributed by atoms with Crippen LogP contribution < -0.4 is 5.32 Å². The van der Waals surface area contributed by atoms with Crippen molar-refractivity contribution < 1.29 is 9.59 Å². The van der Waals surface area contributed by atoms with Crippen LogP contribution in [-0.2, 0) is 9.59 Å². The van der Waals surface area contributed by atoms with Gasteiger partial charge in [0.2, 0.25) is 11.8 Å². The summed E-state index contributed by atoms with van der Waals surface area (Å²) in [6, 6.07) is 3.32. The normalized spacial score (nSPS) is 24.0. The van der Waals surface area contributed by atoms with E-state index in [1.165, 1.54) is 0 Å². The van der Waals surface area contributed by atoms with Crippen LogP contribution in [0.1, 0.15) is 17.0 Å². The molecule has 2 amide bonds. The van der Waals surface area contributed by atoms with Gasteiger partial charge in [-0.15, -0.1) is 0 Å². The van der Waals surface area contributed by atoms with Crippen molar-refractivity contribution in [2.45, 2.75) is 17.7 Å². The Labute approximate surface area is 117 Å².